The summed E-state index contributed by atoms with van der Waals surface area (Å²) in [6, 6.07) is 8.98. The van der Waals surface area contributed by atoms with Crippen LogP contribution in [0.2, 0.25) is 0 Å². The van der Waals surface area contributed by atoms with Crippen LogP contribution in [0.4, 0.5) is 0 Å². The highest BCUT2D eigenvalue weighted by molar-refractivity contribution is 5.94. The Labute approximate surface area is 106 Å². The molecule has 0 aliphatic rings. The van der Waals surface area contributed by atoms with Crippen molar-refractivity contribution in [2.45, 2.75) is 13.3 Å². The van der Waals surface area contributed by atoms with E-state index in [1.54, 1.807) is 18.2 Å². The molecule has 18 heavy (non-hydrogen) atoms. The first kappa shape index (κ1) is 13.7. The zero-order valence-electron chi connectivity index (χ0n) is 10.2. The van der Waals surface area contributed by atoms with Crippen LogP contribution in [0, 0.1) is 18.3 Å². The second kappa shape index (κ2) is 7.07. The van der Waals surface area contributed by atoms with Crippen LogP contribution in [0.15, 0.2) is 24.3 Å². The van der Waals surface area contributed by atoms with Gasteiger partial charge in [0, 0.05) is 18.7 Å². The van der Waals surface area contributed by atoms with E-state index in [1.807, 2.05) is 19.1 Å². The van der Waals surface area contributed by atoms with E-state index < -0.39 is 0 Å². The normalized spacial score (nSPS) is 9.33. The molecule has 0 aromatic heterocycles. The van der Waals surface area contributed by atoms with Gasteiger partial charge in [0.15, 0.2) is 0 Å². The number of nitrogens with zero attached hydrogens (tertiary/aromatic N) is 1. The van der Waals surface area contributed by atoms with Crippen LogP contribution in [-0.2, 0) is 4.79 Å². The molecule has 1 aromatic rings. The lowest BCUT2D eigenvalue weighted by atomic mass is 10.1. The van der Waals surface area contributed by atoms with Crippen LogP contribution in [0.25, 0.3) is 0 Å². The maximum Gasteiger partial charge on any atom is 0.251 e. The Morgan fingerprint density at radius 3 is 2.39 bits per heavy atom. The fourth-order valence-corrected chi connectivity index (χ4v) is 1.32. The summed E-state index contributed by atoms with van der Waals surface area (Å²) in [5.41, 5.74) is 1.68. The van der Waals surface area contributed by atoms with Gasteiger partial charge in [-0.1, -0.05) is 17.7 Å². The number of carbonyl (C=O) groups excluding carboxylic acids is 2. The van der Waals surface area contributed by atoms with E-state index in [1.165, 1.54) is 0 Å². The predicted octanol–water partition coefficient (Wildman–Crippen LogP) is 0.755. The Balaban J connectivity index is 2.28. The van der Waals surface area contributed by atoms with Crippen molar-refractivity contribution in [3.63, 3.8) is 0 Å². The van der Waals surface area contributed by atoms with Crippen molar-refractivity contribution in [3.05, 3.63) is 35.4 Å². The molecule has 0 radical (unpaired) electrons. The van der Waals surface area contributed by atoms with Gasteiger partial charge in [-0.05, 0) is 19.1 Å². The third-order valence-corrected chi connectivity index (χ3v) is 2.29. The number of aryl methyl sites for hydroxylation is 1. The van der Waals surface area contributed by atoms with Gasteiger partial charge in [0.1, 0.15) is 6.42 Å². The van der Waals surface area contributed by atoms with Crippen LogP contribution in [0.3, 0.4) is 0 Å². The molecule has 0 atom stereocenters. The minimum absolute atomic E-state index is 0.161. The van der Waals surface area contributed by atoms with Gasteiger partial charge >= 0.3 is 0 Å². The van der Waals surface area contributed by atoms with E-state index in [0.717, 1.165) is 5.56 Å². The molecule has 0 aliphatic carbocycles. The van der Waals surface area contributed by atoms with E-state index in [0.29, 0.717) is 18.7 Å². The molecule has 5 nitrogen and oxygen atoms in total. The van der Waals surface area contributed by atoms with Gasteiger partial charge < -0.3 is 10.6 Å². The first-order valence-electron chi connectivity index (χ1n) is 5.62. The van der Waals surface area contributed by atoms with Crippen LogP contribution in [0.5, 0.6) is 0 Å². The lowest BCUT2D eigenvalue weighted by molar-refractivity contribution is -0.120. The smallest absolute Gasteiger partial charge is 0.251 e. The topological polar surface area (TPSA) is 82.0 Å². The number of hydrogen-bond donors (Lipinski definition) is 2. The summed E-state index contributed by atoms with van der Waals surface area (Å²) in [6.07, 6.45) is -0.161. The lowest BCUT2D eigenvalue weighted by Crippen LogP contribution is -2.34. The summed E-state index contributed by atoms with van der Waals surface area (Å²) in [5.74, 6) is -0.508. The summed E-state index contributed by atoms with van der Waals surface area (Å²) in [5, 5.41) is 13.5. The molecule has 94 valence electrons. The quantitative estimate of drug-likeness (QED) is 0.751. The van der Waals surface area contributed by atoms with Gasteiger partial charge in [-0.3, -0.25) is 9.59 Å². The van der Waals surface area contributed by atoms with Crippen molar-refractivity contribution in [1.29, 1.82) is 5.26 Å². The molecule has 0 aliphatic heterocycles. The second-order valence-electron chi connectivity index (χ2n) is 3.81. The average molecular weight is 245 g/mol. The zero-order chi connectivity index (χ0) is 13.4. The molecule has 0 bridgehead atoms. The molecule has 0 unspecified atom stereocenters. The Bertz CT molecular complexity index is 460. The van der Waals surface area contributed by atoms with E-state index >= 15 is 0 Å². The lowest BCUT2D eigenvalue weighted by Gasteiger charge is -2.06. The summed E-state index contributed by atoms with van der Waals surface area (Å²) in [6.45, 7) is 2.61. The van der Waals surface area contributed by atoms with E-state index in [2.05, 4.69) is 10.6 Å². The number of rotatable bonds is 5. The molecule has 0 saturated heterocycles. The number of benzene rings is 1. The molecule has 0 spiro atoms. The largest absolute Gasteiger partial charge is 0.353 e. The van der Waals surface area contributed by atoms with Gasteiger partial charge in [0.2, 0.25) is 5.91 Å². The number of carbonyl (C=O) groups is 2. The van der Waals surface area contributed by atoms with Crippen LogP contribution in [-0.4, -0.2) is 24.9 Å². The summed E-state index contributed by atoms with van der Waals surface area (Å²) >= 11 is 0. The Kier molecular flexibility index (Phi) is 5.39. The van der Waals surface area contributed by atoms with Crippen molar-refractivity contribution in [2.24, 2.45) is 0 Å². The molecule has 2 N–H and O–H groups in total. The van der Waals surface area contributed by atoms with Crippen LogP contribution in [0.1, 0.15) is 22.3 Å². The Hall–Kier alpha value is -2.35. The predicted molar refractivity (Wildman–Crippen MR) is 66.8 cm³/mol. The molecule has 0 fully saturated rings. The maximum atomic E-state index is 11.7. The molecule has 5 heteroatoms. The van der Waals surface area contributed by atoms with Crippen LogP contribution < -0.4 is 10.6 Å². The van der Waals surface area contributed by atoms with Crippen molar-refractivity contribution in [1.82, 2.24) is 10.6 Å². The fourth-order valence-electron chi connectivity index (χ4n) is 1.32. The highest BCUT2D eigenvalue weighted by Gasteiger charge is 2.04. The summed E-state index contributed by atoms with van der Waals surface area (Å²) < 4.78 is 0. The SMILES string of the molecule is Cc1ccc(C(=O)NCCNC(=O)CC#N)cc1. The fraction of sp³-hybridized carbons (Fsp3) is 0.308. The monoisotopic (exact) mass is 245 g/mol. The molecule has 1 rings (SSSR count). The van der Waals surface area contributed by atoms with Crippen molar-refractivity contribution in [3.8, 4) is 6.07 Å². The van der Waals surface area contributed by atoms with E-state index in [-0.39, 0.29) is 18.2 Å². The van der Waals surface area contributed by atoms with E-state index in [9.17, 15) is 9.59 Å². The third kappa shape index (κ3) is 4.66. The molecule has 0 saturated carbocycles. The van der Waals surface area contributed by atoms with Gasteiger partial charge in [0.05, 0.1) is 6.07 Å². The molecular weight excluding hydrogens is 230 g/mol. The molecule has 1 aromatic carbocycles. The standard InChI is InChI=1S/C13H15N3O2/c1-10-2-4-11(5-3-10)13(18)16-9-8-15-12(17)6-7-14/h2-5H,6,8-9H2,1H3,(H,15,17)(H,16,18). The number of amides is 2. The number of nitriles is 1. The first-order chi connectivity index (χ1) is 8.63. The average Bonchev–Trinajstić information content (AvgIpc) is 2.35. The van der Waals surface area contributed by atoms with E-state index in [4.69, 9.17) is 5.26 Å². The van der Waals surface area contributed by atoms with Gasteiger partial charge in [0.25, 0.3) is 5.91 Å². The Morgan fingerprint density at radius 1 is 1.17 bits per heavy atom. The Morgan fingerprint density at radius 2 is 1.78 bits per heavy atom. The highest BCUT2D eigenvalue weighted by atomic mass is 16.2. The van der Waals surface area contributed by atoms with Gasteiger partial charge in [-0.15, -0.1) is 0 Å². The number of nitrogens with one attached hydrogen (secondary N) is 2. The minimum Gasteiger partial charge on any atom is -0.353 e. The molecule has 2 amide bonds. The summed E-state index contributed by atoms with van der Waals surface area (Å²) in [4.78, 5) is 22.6. The zero-order valence-corrected chi connectivity index (χ0v) is 10.2. The van der Waals surface area contributed by atoms with Crippen LogP contribution >= 0.6 is 0 Å². The number of hydrogen-bond acceptors (Lipinski definition) is 3. The minimum atomic E-state index is -0.331. The molecule has 0 heterocycles. The summed E-state index contributed by atoms with van der Waals surface area (Å²) in [7, 11) is 0. The third-order valence-electron chi connectivity index (χ3n) is 2.29. The highest BCUT2D eigenvalue weighted by Crippen LogP contribution is 2.02. The first-order valence-corrected chi connectivity index (χ1v) is 5.62. The second-order valence-corrected chi connectivity index (χ2v) is 3.81. The van der Waals surface area contributed by atoms with Gasteiger partial charge in [-0.25, -0.2) is 0 Å². The molecular formula is C13H15N3O2. The van der Waals surface area contributed by atoms with Gasteiger partial charge in [-0.2, -0.15) is 5.26 Å². The van der Waals surface area contributed by atoms with Crippen molar-refractivity contribution >= 4 is 11.8 Å². The van der Waals surface area contributed by atoms with Crippen molar-refractivity contribution in [2.75, 3.05) is 13.1 Å². The maximum absolute atomic E-state index is 11.7. The van der Waals surface area contributed by atoms with Crippen molar-refractivity contribution < 1.29 is 9.59 Å².